The van der Waals surface area contributed by atoms with E-state index in [0.717, 1.165) is 19.6 Å². The summed E-state index contributed by atoms with van der Waals surface area (Å²) in [4.78, 5) is 29.4. The molecule has 0 aliphatic carbocycles. The maximum absolute atomic E-state index is 12.8. The summed E-state index contributed by atoms with van der Waals surface area (Å²) in [6.07, 6.45) is 2.34. The molecule has 5 rings (SSSR count). The lowest BCUT2D eigenvalue weighted by Crippen LogP contribution is -2.58. The number of non-ortho nitro benzene ring substituents is 1. The van der Waals surface area contributed by atoms with Gasteiger partial charge in [-0.05, 0) is 37.9 Å². The third-order valence-corrected chi connectivity index (χ3v) is 5.42. The molecule has 4 heterocycles. The lowest BCUT2D eigenvalue weighted by Gasteiger charge is -2.47. The molecule has 24 heavy (non-hydrogen) atoms. The molecule has 8 heteroatoms. The van der Waals surface area contributed by atoms with Crippen LogP contribution in [0.1, 0.15) is 12.8 Å². The molecule has 0 N–H and O–H groups in total. The molecule has 0 spiro atoms. The summed E-state index contributed by atoms with van der Waals surface area (Å²) in [7, 11) is 0. The zero-order chi connectivity index (χ0) is 16.0. The van der Waals surface area contributed by atoms with Crippen molar-refractivity contribution in [1.82, 2.24) is 9.80 Å². The van der Waals surface area contributed by atoms with Crippen LogP contribution >= 0.6 is 12.4 Å². The summed E-state index contributed by atoms with van der Waals surface area (Å²) in [5, 5.41) is 10.9. The normalized spacial score (nSPS) is 28.8. The Bertz CT molecular complexity index is 648. The summed E-state index contributed by atoms with van der Waals surface area (Å²) in [6, 6.07) is 6.63. The summed E-state index contributed by atoms with van der Waals surface area (Å²) < 4.78 is 0. The molecule has 1 aromatic carbocycles. The van der Waals surface area contributed by atoms with Gasteiger partial charge >= 0.3 is 6.03 Å². The summed E-state index contributed by atoms with van der Waals surface area (Å²) >= 11 is 0. The zero-order valence-electron chi connectivity index (χ0n) is 13.3. The number of hydrogen-bond donors (Lipinski definition) is 0. The Morgan fingerprint density at radius 2 is 1.88 bits per heavy atom. The van der Waals surface area contributed by atoms with Gasteiger partial charge < -0.3 is 9.80 Å². The first-order valence-electron chi connectivity index (χ1n) is 8.18. The molecule has 4 aliphatic heterocycles. The molecular weight excluding hydrogens is 332 g/mol. The maximum Gasteiger partial charge on any atom is 0.324 e. The van der Waals surface area contributed by atoms with Crippen LogP contribution in [0.15, 0.2) is 24.3 Å². The van der Waals surface area contributed by atoms with E-state index in [4.69, 9.17) is 0 Å². The van der Waals surface area contributed by atoms with Gasteiger partial charge in [-0.15, -0.1) is 12.4 Å². The average Bonchev–Trinajstić information content (AvgIpc) is 2.97. The topological polar surface area (TPSA) is 69.9 Å². The first-order chi connectivity index (χ1) is 11.1. The minimum Gasteiger partial charge on any atom is -0.318 e. The van der Waals surface area contributed by atoms with Crippen molar-refractivity contribution >= 4 is 29.8 Å². The van der Waals surface area contributed by atoms with Crippen LogP contribution in [0.2, 0.25) is 0 Å². The van der Waals surface area contributed by atoms with Crippen molar-refractivity contribution in [1.29, 1.82) is 0 Å². The second-order valence-electron chi connectivity index (χ2n) is 6.61. The smallest absolute Gasteiger partial charge is 0.318 e. The Morgan fingerprint density at radius 1 is 1.12 bits per heavy atom. The van der Waals surface area contributed by atoms with Crippen LogP contribution in [-0.4, -0.2) is 59.5 Å². The molecular formula is C16H21ClN4O3. The van der Waals surface area contributed by atoms with Crippen LogP contribution in [0.4, 0.5) is 16.2 Å². The van der Waals surface area contributed by atoms with Crippen LogP contribution in [-0.2, 0) is 0 Å². The molecule has 2 bridgehead atoms. The fraction of sp³-hybridized carbons (Fsp3) is 0.562. The van der Waals surface area contributed by atoms with E-state index >= 15 is 0 Å². The number of carbonyl (C=O) groups is 1. The Balaban J connectivity index is 0.00000169. The minimum atomic E-state index is -0.421. The van der Waals surface area contributed by atoms with Crippen molar-refractivity contribution in [3.63, 3.8) is 0 Å². The van der Waals surface area contributed by atoms with Crippen molar-refractivity contribution in [2.75, 3.05) is 37.6 Å². The molecule has 7 nitrogen and oxygen atoms in total. The van der Waals surface area contributed by atoms with Crippen molar-refractivity contribution in [2.24, 2.45) is 5.92 Å². The highest BCUT2D eigenvalue weighted by Gasteiger charge is 2.43. The highest BCUT2D eigenvalue weighted by molar-refractivity contribution is 5.94. The van der Waals surface area contributed by atoms with E-state index in [2.05, 4.69) is 4.90 Å². The highest BCUT2D eigenvalue weighted by atomic mass is 35.5. The van der Waals surface area contributed by atoms with E-state index in [9.17, 15) is 14.9 Å². The second kappa shape index (κ2) is 6.57. The van der Waals surface area contributed by atoms with Crippen LogP contribution in [0.3, 0.4) is 0 Å². The number of hydrogen-bond acceptors (Lipinski definition) is 4. The number of piperidine rings is 3. The monoisotopic (exact) mass is 352 g/mol. The van der Waals surface area contributed by atoms with Crippen LogP contribution in [0, 0.1) is 16.0 Å². The highest BCUT2D eigenvalue weighted by Crippen LogP contribution is 2.34. The van der Waals surface area contributed by atoms with Gasteiger partial charge in [0.1, 0.15) is 0 Å². The number of nitrogens with zero attached hydrogens (tertiary/aromatic N) is 4. The first-order valence-corrected chi connectivity index (χ1v) is 8.18. The molecule has 4 fully saturated rings. The number of nitro groups is 1. The van der Waals surface area contributed by atoms with Crippen molar-refractivity contribution in [2.45, 2.75) is 18.9 Å². The molecule has 1 unspecified atom stereocenters. The molecule has 1 atom stereocenters. The average molecular weight is 353 g/mol. The van der Waals surface area contributed by atoms with Gasteiger partial charge in [-0.2, -0.15) is 0 Å². The zero-order valence-corrected chi connectivity index (χ0v) is 14.2. The molecule has 0 radical (unpaired) electrons. The predicted octanol–water partition coefficient (Wildman–Crippen LogP) is 2.35. The molecule has 0 aromatic heterocycles. The fourth-order valence-corrected chi connectivity index (χ4v) is 4.16. The van der Waals surface area contributed by atoms with Gasteiger partial charge in [0.25, 0.3) is 5.69 Å². The molecule has 130 valence electrons. The van der Waals surface area contributed by atoms with E-state index in [1.54, 1.807) is 17.0 Å². The van der Waals surface area contributed by atoms with E-state index in [-0.39, 0.29) is 24.1 Å². The molecule has 4 saturated heterocycles. The Hall–Kier alpha value is -1.86. The largest absolute Gasteiger partial charge is 0.324 e. The third kappa shape index (κ3) is 2.82. The number of fused-ring (bicyclic) bond motifs is 3. The minimum absolute atomic E-state index is 0. The fourth-order valence-electron chi connectivity index (χ4n) is 4.16. The lowest BCUT2D eigenvalue weighted by atomic mass is 9.83. The van der Waals surface area contributed by atoms with Crippen LogP contribution in [0.25, 0.3) is 0 Å². The van der Waals surface area contributed by atoms with Gasteiger partial charge in [-0.1, -0.05) is 6.07 Å². The molecule has 2 amide bonds. The van der Waals surface area contributed by atoms with E-state index in [1.165, 1.54) is 25.0 Å². The number of carbonyl (C=O) groups excluding carboxylic acids is 1. The number of halogens is 1. The Kier molecular flexibility index (Phi) is 4.64. The molecule has 4 aliphatic rings. The predicted molar refractivity (Wildman–Crippen MR) is 92.7 cm³/mol. The second-order valence-corrected chi connectivity index (χ2v) is 6.61. The van der Waals surface area contributed by atoms with Crippen LogP contribution in [0.5, 0.6) is 0 Å². The summed E-state index contributed by atoms with van der Waals surface area (Å²) in [6.45, 7) is 4.58. The Labute approximate surface area is 146 Å². The maximum atomic E-state index is 12.8. The SMILES string of the molecule is Cl.O=C1N(c2cccc([N+](=O)[O-])c2)CCN1C1CN2CCC1CC2. The van der Waals surface area contributed by atoms with E-state index < -0.39 is 4.92 Å². The lowest BCUT2D eigenvalue weighted by molar-refractivity contribution is -0.384. The number of benzene rings is 1. The van der Waals surface area contributed by atoms with Crippen molar-refractivity contribution < 1.29 is 9.72 Å². The number of nitro benzene ring substituents is 1. The van der Waals surface area contributed by atoms with Gasteiger partial charge in [-0.25, -0.2) is 4.79 Å². The van der Waals surface area contributed by atoms with Gasteiger partial charge in [0.2, 0.25) is 0 Å². The number of amides is 2. The van der Waals surface area contributed by atoms with Crippen LogP contribution < -0.4 is 4.90 Å². The van der Waals surface area contributed by atoms with Gasteiger partial charge in [0, 0.05) is 37.8 Å². The summed E-state index contributed by atoms with van der Waals surface area (Å²) in [5.74, 6) is 0.606. The summed E-state index contributed by atoms with van der Waals surface area (Å²) in [5.41, 5.74) is 0.643. The van der Waals surface area contributed by atoms with E-state index in [0.29, 0.717) is 30.7 Å². The van der Waals surface area contributed by atoms with Crippen molar-refractivity contribution in [3.8, 4) is 0 Å². The van der Waals surface area contributed by atoms with Crippen molar-refractivity contribution in [3.05, 3.63) is 34.4 Å². The first kappa shape index (κ1) is 17.0. The van der Waals surface area contributed by atoms with Gasteiger partial charge in [0.05, 0.1) is 10.6 Å². The molecule has 0 saturated carbocycles. The number of rotatable bonds is 3. The molecule has 1 aromatic rings. The third-order valence-electron chi connectivity index (χ3n) is 5.42. The van der Waals surface area contributed by atoms with Gasteiger partial charge in [0.15, 0.2) is 0 Å². The number of urea groups is 1. The Morgan fingerprint density at radius 3 is 2.50 bits per heavy atom. The number of anilines is 1. The standard InChI is InChI=1S/C16H20N4O3.ClH/c21-16-18(13-2-1-3-14(10-13)20(22)23)8-9-19(16)15-11-17-6-4-12(15)5-7-17;/h1-3,10,12,15H,4-9,11H2;1H. The quantitative estimate of drug-likeness (QED) is 0.618. The van der Waals surface area contributed by atoms with E-state index in [1.807, 2.05) is 4.90 Å². The van der Waals surface area contributed by atoms with Gasteiger partial charge in [-0.3, -0.25) is 15.0 Å².